The standard InChI is InChI=1S/C20H17BrF3NO/c21-14-5-7-15(8-6-14)25-16-9-10-17(18(26)11-16)19(25)12-1-3-13(4-2-12)20(22,23)24/h1-8,16-17,19H,9-11H2/t16-,17+,19-/m1/s1. The fourth-order valence-electron chi connectivity index (χ4n) is 4.26. The number of rotatable bonds is 2. The Labute approximate surface area is 158 Å². The molecule has 0 spiro atoms. The maximum atomic E-state index is 12.9. The van der Waals surface area contributed by atoms with Gasteiger partial charge in [-0.3, -0.25) is 4.79 Å². The number of nitrogens with zero attached hydrogens (tertiary/aromatic N) is 1. The smallest absolute Gasteiger partial charge is 0.360 e. The fraction of sp³-hybridized carbons (Fsp3) is 0.350. The summed E-state index contributed by atoms with van der Waals surface area (Å²) < 4.78 is 39.6. The summed E-state index contributed by atoms with van der Waals surface area (Å²) >= 11 is 3.43. The Hall–Kier alpha value is -1.82. The highest BCUT2D eigenvalue weighted by atomic mass is 79.9. The third kappa shape index (κ3) is 3.04. The molecule has 0 aromatic heterocycles. The van der Waals surface area contributed by atoms with Crippen LogP contribution >= 0.6 is 15.9 Å². The topological polar surface area (TPSA) is 20.3 Å². The average molecular weight is 424 g/mol. The second-order valence-electron chi connectivity index (χ2n) is 6.96. The molecular weight excluding hydrogens is 407 g/mol. The van der Waals surface area contributed by atoms with Crippen molar-refractivity contribution in [3.8, 4) is 0 Å². The highest BCUT2D eigenvalue weighted by molar-refractivity contribution is 9.10. The molecule has 2 aromatic rings. The first-order chi connectivity index (χ1) is 12.3. The Bertz CT molecular complexity index is 816. The number of alkyl halides is 3. The number of carbonyl (C=O) groups excluding carboxylic acids is 1. The van der Waals surface area contributed by atoms with Crippen LogP contribution in [0.2, 0.25) is 0 Å². The fourth-order valence-corrected chi connectivity index (χ4v) is 4.52. The number of carbonyl (C=O) groups is 1. The summed E-state index contributed by atoms with van der Waals surface area (Å²) in [6.07, 6.45) is -2.12. The second-order valence-corrected chi connectivity index (χ2v) is 7.87. The summed E-state index contributed by atoms with van der Waals surface area (Å²) in [5.74, 6) is 0.0555. The van der Waals surface area contributed by atoms with Crippen molar-refractivity contribution in [1.82, 2.24) is 0 Å². The zero-order valence-corrected chi connectivity index (χ0v) is 15.4. The van der Waals surface area contributed by atoms with E-state index in [1.807, 2.05) is 24.3 Å². The first kappa shape index (κ1) is 17.6. The molecule has 0 radical (unpaired) electrons. The SMILES string of the molecule is O=C1C[C@H]2CC[C@@H]1[C@@H](c1ccc(C(F)(F)F)cc1)N2c1ccc(Br)cc1. The third-order valence-corrected chi connectivity index (χ3v) is 5.97. The summed E-state index contributed by atoms with van der Waals surface area (Å²) in [5.41, 5.74) is 1.10. The molecular formula is C20H17BrF3NO. The maximum Gasteiger partial charge on any atom is 0.416 e. The number of hydrogen-bond donors (Lipinski definition) is 0. The quantitative estimate of drug-likeness (QED) is 0.611. The minimum Gasteiger partial charge on any atom is -0.360 e. The molecule has 3 aliphatic rings. The predicted octanol–water partition coefficient (Wildman–Crippen LogP) is 5.77. The Morgan fingerprint density at radius 2 is 1.62 bits per heavy atom. The highest BCUT2D eigenvalue weighted by Gasteiger charge is 2.47. The van der Waals surface area contributed by atoms with Crippen molar-refractivity contribution < 1.29 is 18.0 Å². The molecule has 2 aromatic carbocycles. The number of ketones is 1. The van der Waals surface area contributed by atoms with Crippen molar-refractivity contribution in [1.29, 1.82) is 0 Å². The van der Waals surface area contributed by atoms with Gasteiger partial charge < -0.3 is 4.90 Å². The van der Waals surface area contributed by atoms with Gasteiger partial charge in [-0.15, -0.1) is 0 Å². The zero-order chi connectivity index (χ0) is 18.5. The molecule has 2 heterocycles. The van der Waals surface area contributed by atoms with Gasteiger partial charge in [0.25, 0.3) is 0 Å². The lowest BCUT2D eigenvalue weighted by Gasteiger charge is -2.52. The van der Waals surface area contributed by atoms with Crippen LogP contribution in [0.15, 0.2) is 53.0 Å². The average Bonchev–Trinajstić information content (AvgIpc) is 2.62. The Morgan fingerprint density at radius 3 is 2.19 bits per heavy atom. The summed E-state index contributed by atoms with van der Waals surface area (Å²) in [5, 5.41) is 0. The van der Waals surface area contributed by atoms with E-state index in [1.54, 1.807) is 0 Å². The molecule has 5 rings (SSSR count). The predicted molar refractivity (Wildman–Crippen MR) is 96.9 cm³/mol. The van der Waals surface area contributed by atoms with Crippen LogP contribution in [0.25, 0.3) is 0 Å². The number of piperidine rings is 2. The Morgan fingerprint density at radius 1 is 0.962 bits per heavy atom. The van der Waals surface area contributed by atoms with Crippen LogP contribution in [0.1, 0.15) is 36.4 Å². The number of Topliss-reactive ketones (excluding diaryl/α,β-unsaturated/α-hetero) is 1. The van der Waals surface area contributed by atoms with Gasteiger partial charge in [0.15, 0.2) is 0 Å². The second kappa shape index (κ2) is 6.41. The van der Waals surface area contributed by atoms with E-state index in [2.05, 4.69) is 20.8 Å². The minimum atomic E-state index is -4.36. The molecule has 2 aliphatic heterocycles. The van der Waals surface area contributed by atoms with E-state index < -0.39 is 11.7 Å². The van der Waals surface area contributed by atoms with Gasteiger partial charge in [0.05, 0.1) is 11.6 Å². The van der Waals surface area contributed by atoms with Crippen molar-refractivity contribution in [2.24, 2.45) is 5.92 Å². The van der Waals surface area contributed by atoms with Crippen LogP contribution in [0.3, 0.4) is 0 Å². The number of fused-ring (bicyclic) bond motifs is 3. The maximum absolute atomic E-state index is 12.9. The monoisotopic (exact) mass is 423 g/mol. The van der Waals surface area contributed by atoms with Gasteiger partial charge in [-0.2, -0.15) is 13.2 Å². The van der Waals surface area contributed by atoms with Gasteiger partial charge >= 0.3 is 6.18 Å². The first-order valence-electron chi connectivity index (χ1n) is 8.58. The Kier molecular flexibility index (Phi) is 4.34. The molecule has 0 amide bonds. The summed E-state index contributed by atoms with van der Waals surface area (Å²) in [6.45, 7) is 0. The number of halogens is 4. The van der Waals surface area contributed by atoms with E-state index in [0.717, 1.165) is 40.7 Å². The molecule has 2 nitrogen and oxygen atoms in total. The van der Waals surface area contributed by atoms with Gasteiger partial charge in [-0.1, -0.05) is 28.1 Å². The van der Waals surface area contributed by atoms with Gasteiger partial charge in [0.1, 0.15) is 5.78 Å². The van der Waals surface area contributed by atoms with Crippen molar-refractivity contribution in [2.45, 2.75) is 37.5 Å². The number of anilines is 1. The van der Waals surface area contributed by atoms with Gasteiger partial charge in [0, 0.05) is 28.5 Å². The van der Waals surface area contributed by atoms with Gasteiger partial charge in [-0.05, 0) is 54.8 Å². The van der Waals surface area contributed by atoms with E-state index in [0.29, 0.717) is 6.42 Å². The molecule has 3 fully saturated rings. The molecule has 1 saturated carbocycles. The molecule has 0 N–H and O–H groups in total. The molecule has 3 atom stereocenters. The molecule has 2 saturated heterocycles. The third-order valence-electron chi connectivity index (χ3n) is 5.44. The van der Waals surface area contributed by atoms with Crippen LogP contribution < -0.4 is 4.90 Å². The minimum absolute atomic E-state index is 0.0981. The van der Waals surface area contributed by atoms with E-state index in [-0.39, 0.29) is 23.8 Å². The summed E-state index contributed by atoms with van der Waals surface area (Å²) in [6, 6.07) is 13.0. The van der Waals surface area contributed by atoms with Crippen LogP contribution in [0.4, 0.5) is 18.9 Å². The summed E-state index contributed by atoms with van der Waals surface area (Å²) in [4.78, 5) is 14.7. The molecule has 136 valence electrons. The van der Waals surface area contributed by atoms with Crippen LogP contribution in [-0.4, -0.2) is 11.8 Å². The van der Waals surface area contributed by atoms with E-state index >= 15 is 0 Å². The first-order valence-corrected chi connectivity index (χ1v) is 9.37. The van der Waals surface area contributed by atoms with Crippen LogP contribution in [0.5, 0.6) is 0 Å². The molecule has 26 heavy (non-hydrogen) atoms. The zero-order valence-electron chi connectivity index (χ0n) is 13.8. The van der Waals surface area contributed by atoms with Crippen molar-refractivity contribution in [3.63, 3.8) is 0 Å². The molecule has 1 aliphatic carbocycles. The van der Waals surface area contributed by atoms with E-state index in [9.17, 15) is 18.0 Å². The molecule has 0 unspecified atom stereocenters. The van der Waals surface area contributed by atoms with Crippen molar-refractivity contribution in [2.75, 3.05) is 4.90 Å². The van der Waals surface area contributed by atoms with Gasteiger partial charge in [0.2, 0.25) is 0 Å². The lowest BCUT2D eigenvalue weighted by atomic mass is 9.71. The summed E-state index contributed by atoms with van der Waals surface area (Å²) in [7, 11) is 0. The lowest BCUT2D eigenvalue weighted by Crippen LogP contribution is -2.54. The van der Waals surface area contributed by atoms with E-state index in [1.165, 1.54) is 12.1 Å². The molecule has 6 heteroatoms. The van der Waals surface area contributed by atoms with Gasteiger partial charge in [-0.25, -0.2) is 0 Å². The lowest BCUT2D eigenvalue weighted by molar-refractivity contribution is -0.137. The Balaban J connectivity index is 1.75. The van der Waals surface area contributed by atoms with E-state index in [4.69, 9.17) is 0 Å². The van der Waals surface area contributed by atoms with Crippen molar-refractivity contribution >= 4 is 27.4 Å². The number of hydrogen-bond acceptors (Lipinski definition) is 2. The largest absolute Gasteiger partial charge is 0.416 e. The van der Waals surface area contributed by atoms with Crippen LogP contribution in [-0.2, 0) is 11.0 Å². The van der Waals surface area contributed by atoms with Crippen molar-refractivity contribution in [3.05, 3.63) is 64.1 Å². The molecule has 2 bridgehead atoms. The van der Waals surface area contributed by atoms with Crippen LogP contribution in [0, 0.1) is 5.92 Å². The number of benzene rings is 2. The normalized spacial score (nSPS) is 25.6. The highest BCUT2D eigenvalue weighted by Crippen LogP contribution is 2.48.